The van der Waals surface area contributed by atoms with E-state index in [0.717, 1.165) is 12.8 Å². The summed E-state index contributed by atoms with van der Waals surface area (Å²) in [6.45, 7) is 5.12. The average Bonchev–Trinajstić information content (AvgIpc) is 2.64. The summed E-state index contributed by atoms with van der Waals surface area (Å²) < 4.78 is 5.18. The minimum atomic E-state index is -0.550. The first-order valence-corrected chi connectivity index (χ1v) is 10.5. The minimum Gasteiger partial charge on any atom is -0.454 e. The summed E-state index contributed by atoms with van der Waals surface area (Å²) in [6, 6.07) is 7.29. The predicted molar refractivity (Wildman–Crippen MR) is 107 cm³/mol. The molecule has 1 N–H and O–H groups in total. The summed E-state index contributed by atoms with van der Waals surface area (Å²) in [4.78, 5) is 37.2. The van der Waals surface area contributed by atoms with Gasteiger partial charge in [0, 0.05) is 16.4 Å². The molecule has 0 heterocycles. The molecular formula is C21H29NO4S. The van der Waals surface area contributed by atoms with Crippen LogP contribution in [0.15, 0.2) is 29.2 Å². The fourth-order valence-corrected chi connectivity index (χ4v) is 3.70. The van der Waals surface area contributed by atoms with Crippen molar-refractivity contribution in [1.82, 2.24) is 5.32 Å². The maximum absolute atomic E-state index is 12.4. The molecular weight excluding hydrogens is 362 g/mol. The van der Waals surface area contributed by atoms with Gasteiger partial charge in [-0.25, -0.2) is 4.79 Å². The van der Waals surface area contributed by atoms with Crippen LogP contribution >= 0.6 is 11.8 Å². The SMILES string of the molecule is CC(C)(C)C(=O)COC(=O)c1ccccc1SCC(=O)NC1CCCCC1. The lowest BCUT2D eigenvalue weighted by Gasteiger charge is -2.22. The van der Waals surface area contributed by atoms with E-state index in [0.29, 0.717) is 10.5 Å². The molecule has 1 aliphatic carbocycles. The van der Waals surface area contributed by atoms with Gasteiger partial charge in [-0.15, -0.1) is 11.8 Å². The third-order valence-electron chi connectivity index (χ3n) is 4.61. The Morgan fingerprint density at radius 2 is 1.78 bits per heavy atom. The van der Waals surface area contributed by atoms with Crippen LogP contribution in [0.1, 0.15) is 63.2 Å². The van der Waals surface area contributed by atoms with E-state index in [1.807, 2.05) is 6.07 Å². The number of rotatable bonds is 7. The van der Waals surface area contributed by atoms with Crippen LogP contribution in [0.4, 0.5) is 0 Å². The highest BCUT2D eigenvalue weighted by Gasteiger charge is 2.23. The highest BCUT2D eigenvalue weighted by Crippen LogP contribution is 2.24. The Kier molecular flexibility index (Phi) is 7.90. The van der Waals surface area contributed by atoms with Crippen LogP contribution in [0.5, 0.6) is 0 Å². The van der Waals surface area contributed by atoms with Gasteiger partial charge in [-0.05, 0) is 25.0 Å². The molecule has 1 saturated carbocycles. The molecule has 0 atom stereocenters. The van der Waals surface area contributed by atoms with Crippen LogP contribution in [0.25, 0.3) is 0 Å². The van der Waals surface area contributed by atoms with E-state index in [9.17, 15) is 14.4 Å². The van der Waals surface area contributed by atoms with Gasteiger partial charge >= 0.3 is 5.97 Å². The first kappa shape index (κ1) is 21.5. The zero-order valence-electron chi connectivity index (χ0n) is 16.4. The van der Waals surface area contributed by atoms with E-state index in [1.54, 1.807) is 39.0 Å². The molecule has 1 fully saturated rings. The average molecular weight is 392 g/mol. The van der Waals surface area contributed by atoms with Crippen LogP contribution in [0.3, 0.4) is 0 Å². The van der Waals surface area contributed by atoms with Crippen molar-refractivity contribution in [3.8, 4) is 0 Å². The summed E-state index contributed by atoms with van der Waals surface area (Å²) in [5, 5.41) is 3.07. The molecule has 6 heteroatoms. The summed E-state index contributed by atoms with van der Waals surface area (Å²) in [5.74, 6) is -0.434. The lowest BCUT2D eigenvalue weighted by atomic mass is 9.91. The third kappa shape index (κ3) is 7.01. The van der Waals surface area contributed by atoms with Crippen molar-refractivity contribution in [2.24, 2.45) is 5.41 Å². The summed E-state index contributed by atoms with van der Waals surface area (Å²) >= 11 is 1.31. The number of benzene rings is 1. The van der Waals surface area contributed by atoms with E-state index in [-0.39, 0.29) is 30.1 Å². The number of carbonyl (C=O) groups is 3. The van der Waals surface area contributed by atoms with Crippen LogP contribution in [0.2, 0.25) is 0 Å². The molecule has 0 aromatic heterocycles. The molecule has 27 heavy (non-hydrogen) atoms. The number of nitrogens with one attached hydrogen (secondary N) is 1. The maximum atomic E-state index is 12.4. The van der Waals surface area contributed by atoms with Crippen molar-refractivity contribution in [2.45, 2.75) is 63.8 Å². The number of ether oxygens (including phenoxy) is 1. The maximum Gasteiger partial charge on any atom is 0.339 e. The topological polar surface area (TPSA) is 72.5 Å². The van der Waals surface area contributed by atoms with Crippen molar-refractivity contribution in [1.29, 1.82) is 0 Å². The van der Waals surface area contributed by atoms with Gasteiger partial charge in [-0.2, -0.15) is 0 Å². The van der Waals surface area contributed by atoms with Gasteiger partial charge in [-0.1, -0.05) is 52.2 Å². The van der Waals surface area contributed by atoms with Crippen LogP contribution < -0.4 is 5.32 Å². The molecule has 2 rings (SSSR count). The van der Waals surface area contributed by atoms with Crippen LogP contribution in [0, 0.1) is 5.41 Å². The fourth-order valence-electron chi connectivity index (χ4n) is 2.85. The van der Waals surface area contributed by atoms with Crippen molar-refractivity contribution >= 4 is 29.4 Å². The quantitative estimate of drug-likeness (QED) is 0.562. The van der Waals surface area contributed by atoms with Gasteiger partial charge in [0.2, 0.25) is 5.91 Å². The van der Waals surface area contributed by atoms with E-state index in [4.69, 9.17) is 4.74 Å². The number of hydrogen-bond donors (Lipinski definition) is 1. The monoisotopic (exact) mass is 391 g/mol. The smallest absolute Gasteiger partial charge is 0.339 e. The number of amides is 1. The Labute approximate surface area is 165 Å². The van der Waals surface area contributed by atoms with Crippen molar-refractivity contribution in [3.63, 3.8) is 0 Å². The molecule has 0 spiro atoms. The molecule has 1 aromatic carbocycles. The molecule has 0 unspecified atom stereocenters. The van der Waals surface area contributed by atoms with E-state index < -0.39 is 11.4 Å². The Bertz CT molecular complexity index is 675. The lowest BCUT2D eigenvalue weighted by Crippen LogP contribution is -2.37. The van der Waals surface area contributed by atoms with Crippen LogP contribution in [-0.4, -0.2) is 36.1 Å². The molecule has 148 valence electrons. The highest BCUT2D eigenvalue weighted by atomic mass is 32.2. The molecule has 0 bridgehead atoms. The summed E-state index contributed by atoms with van der Waals surface area (Å²) in [7, 11) is 0. The van der Waals surface area contributed by atoms with E-state index in [2.05, 4.69) is 5.32 Å². The largest absolute Gasteiger partial charge is 0.454 e. The molecule has 0 radical (unpaired) electrons. The van der Waals surface area contributed by atoms with Crippen molar-refractivity contribution in [3.05, 3.63) is 29.8 Å². The van der Waals surface area contributed by atoms with Gasteiger partial charge in [0.05, 0.1) is 11.3 Å². The number of esters is 1. The first-order chi connectivity index (χ1) is 12.8. The highest BCUT2D eigenvalue weighted by molar-refractivity contribution is 8.00. The number of Topliss-reactive ketones (excluding diaryl/α,β-unsaturated/α-hetero) is 1. The summed E-state index contributed by atoms with van der Waals surface area (Å²) in [5.41, 5.74) is -0.166. The predicted octanol–water partition coefficient (Wildman–Crippen LogP) is 4.00. The number of carbonyl (C=O) groups excluding carboxylic acids is 3. The molecule has 1 aromatic rings. The lowest BCUT2D eigenvalue weighted by molar-refractivity contribution is -0.129. The van der Waals surface area contributed by atoms with Gasteiger partial charge < -0.3 is 10.1 Å². The second kappa shape index (κ2) is 9.93. The Morgan fingerprint density at radius 3 is 2.44 bits per heavy atom. The zero-order valence-corrected chi connectivity index (χ0v) is 17.2. The number of thioether (sulfide) groups is 1. The Morgan fingerprint density at radius 1 is 1.11 bits per heavy atom. The number of hydrogen-bond acceptors (Lipinski definition) is 5. The molecule has 0 saturated heterocycles. The normalized spacial score (nSPS) is 15.2. The second-order valence-electron chi connectivity index (χ2n) is 7.94. The van der Waals surface area contributed by atoms with Crippen LogP contribution in [-0.2, 0) is 14.3 Å². The molecule has 1 amide bonds. The molecule has 1 aliphatic rings. The Hall–Kier alpha value is -1.82. The molecule has 0 aliphatic heterocycles. The Balaban J connectivity index is 1.89. The minimum absolute atomic E-state index is 0.0158. The summed E-state index contributed by atoms with van der Waals surface area (Å²) in [6.07, 6.45) is 5.66. The first-order valence-electron chi connectivity index (χ1n) is 9.49. The van der Waals surface area contributed by atoms with Crippen molar-refractivity contribution < 1.29 is 19.1 Å². The second-order valence-corrected chi connectivity index (χ2v) is 8.95. The standard InChI is InChI=1S/C21H29NO4S/c1-21(2,3)18(23)13-26-20(25)16-11-7-8-12-17(16)27-14-19(24)22-15-9-5-4-6-10-15/h7-8,11-12,15H,4-6,9-10,13-14H2,1-3H3,(H,22,24). The third-order valence-corrected chi connectivity index (χ3v) is 5.68. The van der Waals surface area contributed by atoms with Gasteiger partial charge in [0.1, 0.15) is 0 Å². The van der Waals surface area contributed by atoms with Crippen molar-refractivity contribution in [2.75, 3.05) is 12.4 Å². The fraction of sp³-hybridized carbons (Fsp3) is 0.571. The van der Waals surface area contributed by atoms with E-state index in [1.165, 1.54) is 31.0 Å². The van der Waals surface area contributed by atoms with Gasteiger partial charge in [-0.3, -0.25) is 9.59 Å². The molecule has 5 nitrogen and oxygen atoms in total. The van der Waals surface area contributed by atoms with Gasteiger partial charge in [0.25, 0.3) is 0 Å². The van der Waals surface area contributed by atoms with Gasteiger partial charge in [0.15, 0.2) is 12.4 Å². The van der Waals surface area contributed by atoms with E-state index >= 15 is 0 Å². The zero-order chi connectivity index (χ0) is 19.9. The number of ketones is 1.